The van der Waals surface area contributed by atoms with Gasteiger partial charge in [0.15, 0.2) is 0 Å². The summed E-state index contributed by atoms with van der Waals surface area (Å²) in [7, 11) is 1.92. The topological polar surface area (TPSA) is 58.4 Å². The number of thiophene rings is 1. The summed E-state index contributed by atoms with van der Waals surface area (Å²) in [5.74, 6) is 0.528. The molecule has 1 saturated heterocycles. The predicted octanol–water partition coefficient (Wildman–Crippen LogP) is 3.57. The number of carbonyl (C=O) groups excluding carboxylic acids is 2. The molecule has 0 bridgehead atoms. The van der Waals surface area contributed by atoms with Gasteiger partial charge in [-0.25, -0.2) is 0 Å². The number of rotatable bonds is 7. The zero-order valence-corrected chi connectivity index (χ0v) is 18.6. The van der Waals surface area contributed by atoms with Gasteiger partial charge in [-0.05, 0) is 48.3 Å². The zero-order chi connectivity index (χ0) is 21.6. The van der Waals surface area contributed by atoms with Gasteiger partial charge in [-0.2, -0.15) is 5.10 Å². The Morgan fingerprint density at radius 1 is 1.13 bits per heavy atom. The molecule has 0 radical (unpaired) electrons. The third-order valence-corrected chi connectivity index (χ3v) is 6.99. The molecule has 0 spiro atoms. The quantitative estimate of drug-likeness (QED) is 0.569. The maximum atomic E-state index is 13.1. The van der Waals surface area contributed by atoms with Crippen molar-refractivity contribution in [2.75, 3.05) is 20.1 Å². The summed E-state index contributed by atoms with van der Waals surface area (Å²) < 4.78 is 1.67. The number of amides is 2. The fraction of sp³-hybridized carbons (Fsp3) is 0.375. The predicted molar refractivity (Wildman–Crippen MR) is 122 cm³/mol. The fourth-order valence-corrected chi connectivity index (χ4v) is 5.07. The summed E-state index contributed by atoms with van der Waals surface area (Å²) in [6.45, 7) is 1.72. The van der Waals surface area contributed by atoms with Gasteiger partial charge in [-0.15, -0.1) is 11.3 Å². The first-order chi connectivity index (χ1) is 15.1. The molecule has 3 aromatic rings. The molecule has 0 N–H and O–H groups in total. The van der Waals surface area contributed by atoms with Crippen molar-refractivity contribution in [2.45, 2.75) is 31.8 Å². The molecule has 2 amide bonds. The van der Waals surface area contributed by atoms with E-state index in [0.29, 0.717) is 5.92 Å². The van der Waals surface area contributed by atoms with Gasteiger partial charge >= 0.3 is 0 Å². The molecule has 0 aliphatic carbocycles. The number of aromatic nitrogens is 2. The van der Waals surface area contributed by atoms with Crippen molar-refractivity contribution in [2.24, 2.45) is 5.92 Å². The summed E-state index contributed by atoms with van der Waals surface area (Å²) in [5.41, 5.74) is 1.23. The molecule has 1 atom stereocenters. The number of likely N-dealkylation sites (N-methyl/N-ethyl adjacent to an activating group) is 1. The maximum Gasteiger partial charge on any atom is 0.263 e. The lowest BCUT2D eigenvalue weighted by Gasteiger charge is -2.40. The van der Waals surface area contributed by atoms with Gasteiger partial charge in [-0.1, -0.05) is 36.4 Å². The Labute approximate surface area is 187 Å². The van der Waals surface area contributed by atoms with Gasteiger partial charge < -0.3 is 9.80 Å². The highest BCUT2D eigenvalue weighted by molar-refractivity contribution is 7.12. The number of hydrogen-bond donors (Lipinski definition) is 0. The molecule has 2 aromatic heterocycles. The van der Waals surface area contributed by atoms with Crippen molar-refractivity contribution in [3.8, 4) is 0 Å². The van der Waals surface area contributed by atoms with Crippen LogP contribution in [0.25, 0.3) is 0 Å². The van der Waals surface area contributed by atoms with Crippen molar-refractivity contribution in [3.05, 3.63) is 76.7 Å². The first-order valence-corrected chi connectivity index (χ1v) is 11.6. The number of hydrogen-bond acceptors (Lipinski definition) is 4. The summed E-state index contributed by atoms with van der Waals surface area (Å²) in [6, 6.07) is 16.1. The molecule has 3 heterocycles. The highest BCUT2D eigenvalue weighted by Crippen LogP contribution is 2.28. The van der Waals surface area contributed by atoms with Crippen LogP contribution in [0.3, 0.4) is 0 Å². The molecular weight excluding hydrogens is 408 g/mol. The Kier molecular flexibility index (Phi) is 6.82. The zero-order valence-electron chi connectivity index (χ0n) is 17.8. The van der Waals surface area contributed by atoms with Crippen LogP contribution in [0.1, 0.15) is 28.1 Å². The second-order valence-corrected chi connectivity index (χ2v) is 9.02. The first kappa shape index (κ1) is 21.3. The first-order valence-electron chi connectivity index (χ1n) is 10.7. The van der Waals surface area contributed by atoms with E-state index in [9.17, 15) is 9.59 Å². The molecule has 7 heteroatoms. The summed E-state index contributed by atoms with van der Waals surface area (Å²) in [5, 5.41) is 6.08. The minimum Gasteiger partial charge on any atom is -0.341 e. The monoisotopic (exact) mass is 436 g/mol. The smallest absolute Gasteiger partial charge is 0.263 e. The minimum atomic E-state index is 0.0770. The van der Waals surface area contributed by atoms with Crippen molar-refractivity contribution >= 4 is 23.2 Å². The summed E-state index contributed by atoms with van der Waals surface area (Å²) >= 11 is 1.48. The highest BCUT2D eigenvalue weighted by atomic mass is 32.1. The van der Waals surface area contributed by atoms with E-state index in [1.165, 1.54) is 16.9 Å². The van der Waals surface area contributed by atoms with Gasteiger partial charge in [0.05, 0.1) is 4.88 Å². The van der Waals surface area contributed by atoms with Crippen LogP contribution in [-0.4, -0.2) is 57.6 Å². The number of benzene rings is 1. The third-order valence-electron chi connectivity index (χ3n) is 6.13. The highest BCUT2D eigenvalue weighted by Gasteiger charge is 2.33. The Morgan fingerprint density at radius 2 is 1.90 bits per heavy atom. The lowest BCUT2D eigenvalue weighted by Crippen LogP contribution is -2.48. The molecule has 6 nitrogen and oxygen atoms in total. The van der Waals surface area contributed by atoms with Crippen molar-refractivity contribution in [1.82, 2.24) is 19.6 Å². The van der Waals surface area contributed by atoms with Crippen LogP contribution in [0.2, 0.25) is 0 Å². The molecule has 1 aliphatic heterocycles. The van der Waals surface area contributed by atoms with E-state index >= 15 is 0 Å². The lowest BCUT2D eigenvalue weighted by atomic mass is 9.85. The molecule has 0 unspecified atom stereocenters. The number of piperidine rings is 1. The Balaban J connectivity index is 1.44. The molecule has 1 aliphatic rings. The van der Waals surface area contributed by atoms with Gasteiger partial charge in [0.2, 0.25) is 5.91 Å². The maximum absolute atomic E-state index is 13.1. The lowest BCUT2D eigenvalue weighted by molar-refractivity contribution is -0.133. The van der Waals surface area contributed by atoms with Gasteiger partial charge in [-0.3, -0.25) is 14.3 Å². The van der Waals surface area contributed by atoms with E-state index in [1.807, 2.05) is 64.8 Å². The third kappa shape index (κ3) is 5.22. The van der Waals surface area contributed by atoms with Crippen molar-refractivity contribution < 1.29 is 9.59 Å². The second kappa shape index (κ2) is 9.92. The van der Waals surface area contributed by atoms with E-state index < -0.39 is 0 Å². The average Bonchev–Trinajstić information content (AvgIpc) is 3.52. The van der Waals surface area contributed by atoms with Crippen LogP contribution >= 0.6 is 11.3 Å². The fourth-order valence-electron chi connectivity index (χ4n) is 4.37. The Hall–Kier alpha value is -2.93. The van der Waals surface area contributed by atoms with Crippen LogP contribution in [0.4, 0.5) is 0 Å². The van der Waals surface area contributed by atoms with Crippen LogP contribution in [0.15, 0.2) is 66.3 Å². The normalized spacial score (nSPS) is 15.6. The van der Waals surface area contributed by atoms with E-state index in [4.69, 9.17) is 0 Å². The SMILES string of the molecule is CN(C(=O)c1cccs1)[C@H](Cc1ccccc1)C1CCN(C(=O)Cn2cccn2)CC1. The number of carbonyl (C=O) groups is 2. The molecule has 1 fully saturated rings. The van der Waals surface area contributed by atoms with E-state index in [-0.39, 0.29) is 24.4 Å². The number of likely N-dealkylation sites (tertiary alicyclic amines) is 1. The van der Waals surface area contributed by atoms with Gasteiger partial charge in [0.1, 0.15) is 6.54 Å². The van der Waals surface area contributed by atoms with E-state index in [0.717, 1.165) is 37.2 Å². The van der Waals surface area contributed by atoms with E-state index in [2.05, 4.69) is 17.2 Å². The van der Waals surface area contributed by atoms with E-state index in [1.54, 1.807) is 10.9 Å². The van der Waals surface area contributed by atoms with Gasteiger partial charge in [0.25, 0.3) is 5.91 Å². The molecule has 1 aromatic carbocycles. The average molecular weight is 437 g/mol. The molecule has 162 valence electrons. The number of nitrogens with zero attached hydrogens (tertiary/aromatic N) is 4. The molecular formula is C24H28N4O2S. The minimum absolute atomic E-state index is 0.0770. The van der Waals surface area contributed by atoms with Crippen LogP contribution in [0, 0.1) is 5.92 Å². The van der Waals surface area contributed by atoms with Crippen LogP contribution in [-0.2, 0) is 17.8 Å². The summed E-state index contributed by atoms with van der Waals surface area (Å²) in [4.78, 5) is 30.3. The molecule has 31 heavy (non-hydrogen) atoms. The second-order valence-electron chi connectivity index (χ2n) is 8.07. The molecule has 4 rings (SSSR count). The molecule has 0 saturated carbocycles. The van der Waals surface area contributed by atoms with Crippen molar-refractivity contribution in [3.63, 3.8) is 0 Å². The van der Waals surface area contributed by atoms with Crippen molar-refractivity contribution in [1.29, 1.82) is 0 Å². The van der Waals surface area contributed by atoms with Crippen LogP contribution < -0.4 is 0 Å². The largest absolute Gasteiger partial charge is 0.341 e. The van der Waals surface area contributed by atoms with Crippen LogP contribution in [0.5, 0.6) is 0 Å². The summed E-state index contributed by atoms with van der Waals surface area (Å²) in [6.07, 6.45) is 6.11. The Bertz CT molecular complexity index is 964. The standard InChI is InChI=1S/C24H28N4O2S/c1-26(24(30)22-9-5-16-31-22)21(17-19-7-3-2-4-8-19)20-10-14-27(15-11-20)23(29)18-28-13-6-12-25-28/h2-9,12-13,16,20-21H,10-11,14-15,17-18H2,1H3/t21-/m1/s1. The van der Waals surface area contributed by atoms with Gasteiger partial charge in [0, 0.05) is 38.6 Å². The Morgan fingerprint density at radius 3 is 2.55 bits per heavy atom.